The van der Waals surface area contributed by atoms with Crippen molar-refractivity contribution in [2.24, 2.45) is 0 Å². The van der Waals surface area contributed by atoms with Gasteiger partial charge in [-0.25, -0.2) is 0 Å². The normalized spacial score (nSPS) is 11.7. The number of rotatable bonds is 4. The average molecular weight is 302 g/mol. The number of benzene rings is 1. The van der Waals surface area contributed by atoms with Gasteiger partial charge in [0.05, 0.1) is 10.6 Å². The Labute approximate surface area is 114 Å². The lowest BCUT2D eigenvalue weighted by Crippen LogP contribution is -2.04. The van der Waals surface area contributed by atoms with Gasteiger partial charge in [-0.2, -0.15) is 17.8 Å². The highest BCUT2D eigenvalue weighted by Crippen LogP contribution is 2.14. The van der Waals surface area contributed by atoms with Crippen LogP contribution in [0.15, 0.2) is 29.2 Å². The van der Waals surface area contributed by atoms with Gasteiger partial charge in [0.15, 0.2) is 0 Å². The third-order valence-corrected chi connectivity index (χ3v) is 3.48. The first kappa shape index (κ1) is 13.8. The van der Waals surface area contributed by atoms with Crippen molar-refractivity contribution in [1.29, 1.82) is 0 Å². The lowest BCUT2D eigenvalue weighted by molar-refractivity contribution is 0.117. The summed E-state index contributed by atoms with van der Waals surface area (Å²) in [4.78, 5) is -0.242. The molecule has 8 nitrogen and oxygen atoms in total. The third kappa shape index (κ3) is 2.87. The first-order chi connectivity index (χ1) is 8.93. The number of ether oxygens (including phenoxy) is 1. The predicted octanol–water partition coefficient (Wildman–Crippen LogP) is 0.649. The zero-order valence-corrected chi connectivity index (χ0v) is 11.4. The SMILES string of the molecule is COCn1nnn(-c2cccc(S(=O)(=O)O)c2)c1=S. The molecule has 0 unspecified atom stereocenters. The maximum absolute atomic E-state index is 11.1. The van der Waals surface area contributed by atoms with Gasteiger partial charge in [-0.15, -0.1) is 0 Å². The summed E-state index contributed by atoms with van der Waals surface area (Å²) in [6.45, 7) is 0.136. The number of hydrogen-bond donors (Lipinski definition) is 1. The zero-order chi connectivity index (χ0) is 14.0. The molecule has 0 bridgehead atoms. The molecular formula is C9H10N4O4S2. The monoisotopic (exact) mass is 302 g/mol. The molecule has 102 valence electrons. The molecule has 0 aliphatic heterocycles. The Morgan fingerprint density at radius 1 is 1.42 bits per heavy atom. The summed E-state index contributed by atoms with van der Waals surface area (Å²) in [6, 6.07) is 5.57. The van der Waals surface area contributed by atoms with Gasteiger partial charge in [0, 0.05) is 7.11 Å². The van der Waals surface area contributed by atoms with Crippen LogP contribution in [0.25, 0.3) is 5.69 Å². The van der Waals surface area contributed by atoms with E-state index in [1.807, 2.05) is 0 Å². The van der Waals surface area contributed by atoms with Crippen molar-refractivity contribution in [3.05, 3.63) is 29.0 Å². The molecule has 0 fully saturated rings. The number of nitrogens with zero attached hydrogens (tertiary/aromatic N) is 4. The zero-order valence-electron chi connectivity index (χ0n) is 9.79. The van der Waals surface area contributed by atoms with E-state index in [-0.39, 0.29) is 16.4 Å². The Morgan fingerprint density at radius 3 is 2.79 bits per heavy atom. The summed E-state index contributed by atoms with van der Waals surface area (Å²) in [7, 11) is -2.79. The van der Waals surface area contributed by atoms with E-state index in [0.29, 0.717) is 5.69 Å². The largest absolute Gasteiger partial charge is 0.362 e. The summed E-state index contributed by atoms with van der Waals surface area (Å²) >= 11 is 5.12. The highest BCUT2D eigenvalue weighted by molar-refractivity contribution is 7.85. The van der Waals surface area contributed by atoms with Crippen molar-refractivity contribution in [2.45, 2.75) is 11.6 Å². The lowest BCUT2D eigenvalue weighted by Gasteiger charge is -2.02. The van der Waals surface area contributed by atoms with E-state index in [0.717, 1.165) is 0 Å². The second-order valence-corrected chi connectivity index (χ2v) is 5.35. The maximum atomic E-state index is 11.1. The van der Waals surface area contributed by atoms with Crippen LogP contribution in [0.3, 0.4) is 0 Å². The van der Waals surface area contributed by atoms with Crippen molar-refractivity contribution in [1.82, 2.24) is 19.8 Å². The summed E-state index contributed by atoms with van der Waals surface area (Å²) in [5, 5.41) is 7.56. The molecule has 1 N–H and O–H groups in total. The van der Waals surface area contributed by atoms with Crippen molar-refractivity contribution < 1.29 is 17.7 Å². The number of tetrazole rings is 1. The van der Waals surface area contributed by atoms with Crippen LogP contribution in [0.5, 0.6) is 0 Å². The van der Waals surface area contributed by atoms with E-state index in [9.17, 15) is 8.42 Å². The Balaban J connectivity index is 2.51. The van der Waals surface area contributed by atoms with Crippen molar-refractivity contribution in [3.8, 4) is 5.69 Å². The van der Waals surface area contributed by atoms with E-state index in [1.165, 1.54) is 34.7 Å². The molecule has 0 aliphatic rings. The first-order valence-electron chi connectivity index (χ1n) is 5.03. The van der Waals surface area contributed by atoms with Gasteiger partial charge in [0.2, 0.25) is 4.77 Å². The van der Waals surface area contributed by atoms with Crippen LogP contribution in [-0.2, 0) is 21.6 Å². The number of methoxy groups -OCH3 is 1. The van der Waals surface area contributed by atoms with E-state index in [1.54, 1.807) is 6.07 Å². The van der Waals surface area contributed by atoms with Crippen molar-refractivity contribution >= 4 is 22.3 Å². The highest BCUT2D eigenvalue weighted by Gasteiger charge is 2.12. The van der Waals surface area contributed by atoms with Gasteiger partial charge >= 0.3 is 0 Å². The molecule has 0 amide bonds. The van der Waals surface area contributed by atoms with Crippen LogP contribution in [0.2, 0.25) is 0 Å². The van der Waals surface area contributed by atoms with Gasteiger partial charge in [-0.1, -0.05) is 6.07 Å². The molecule has 19 heavy (non-hydrogen) atoms. The molecule has 2 rings (SSSR count). The van der Waals surface area contributed by atoms with Gasteiger partial charge in [0.1, 0.15) is 6.73 Å². The second-order valence-electron chi connectivity index (χ2n) is 3.56. The van der Waals surface area contributed by atoms with E-state index in [2.05, 4.69) is 10.4 Å². The average Bonchev–Trinajstić information content (AvgIpc) is 2.71. The van der Waals surface area contributed by atoms with Gasteiger partial charge in [-0.3, -0.25) is 4.55 Å². The molecule has 0 spiro atoms. The number of hydrogen-bond acceptors (Lipinski definition) is 6. The quantitative estimate of drug-likeness (QED) is 0.653. The fourth-order valence-corrected chi connectivity index (χ4v) is 2.17. The molecule has 1 aromatic heterocycles. The Kier molecular flexibility index (Phi) is 3.75. The lowest BCUT2D eigenvalue weighted by atomic mass is 10.3. The molecule has 0 saturated heterocycles. The van der Waals surface area contributed by atoms with Crippen molar-refractivity contribution in [3.63, 3.8) is 0 Å². The van der Waals surface area contributed by atoms with Crippen LogP contribution in [0.1, 0.15) is 0 Å². The Bertz CT molecular complexity index is 750. The molecule has 0 atom stereocenters. The highest BCUT2D eigenvalue weighted by atomic mass is 32.2. The molecule has 1 aromatic carbocycles. The summed E-state index contributed by atoms with van der Waals surface area (Å²) in [5.74, 6) is 0. The van der Waals surface area contributed by atoms with E-state index < -0.39 is 10.1 Å². The van der Waals surface area contributed by atoms with Crippen LogP contribution in [-0.4, -0.2) is 39.9 Å². The van der Waals surface area contributed by atoms with Crippen LogP contribution in [0.4, 0.5) is 0 Å². The first-order valence-corrected chi connectivity index (χ1v) is 6.88. The number of aromatic nitrogens is 4. The minimum Gasteiger partial charge on any atom is -0.362 e. The van der Waals surface area contributed by atoms with E-state index >= 15 is 0 Å². The van der Waals surface area contributed by atoms with Gasteiger partial charge in [-0.05, 0) is 40.8 Å². The molecule has 10 heteroatoms. The second kappa shape index (κ2) is 5.17. The van der Waals surface area contributed by atoms with E-state index in [4.69, 9.17) is 21.5 Å². The fraction of sp³-hybridized carbons (Fsp3) is 0.222. The van der Waals surface area contributed by atoms with Crippen LogP contribution < -0.4 is 0 Å². The fourth-order valence-electron chi connectivity index (χ4n) is 1.42. The molecule has 0 aliphatic carbocycles. The minimum absolute atomic E-state index is 0.136. The maximum Gasteiger partial charge on any atom is 0.294 e. The molecule has 0 radical (unpaired) electrons. The van der Waals surface area contributed by atoms with Crippen LogP contribution in [0, 0.1) is 4.77 Å². The Morgan fingerprint density at radius 2 is 2.16 bits per heavy atom. The van der Waals surface area contributed by atoms with Crippen molar-refractivity contribution in [2.75, 3.05) is 7.11 Å². The molecule has 2 aromatic rings. The predicted molar refractivity (Wildman–Crippen MR) is 67.0 cm³/mol. The third-order valence-electron chi connectivity index (χ3n) is 2.25. The minimum atomic E-state index is -4.28. The smallest absolute Gasteiger partial charge is 0.294 e. The van der Waals surface area contributed by atoms with Crippen LogP contribution >= 0.6 is 12.2 Å². The molecular weight excluding hydrogens is 292 g/mol. The Hall–Kier alpha value is -1.62. The van der Waals surface area contributed by atoms with Gasteiger partial charge < -0.3 is 4.74 Å². The topological polar surface area (TPSA) is 99.2 Å². The standard InChI is InChI=1S/C9H10N4O4S2/c1-17-6-12-9(18)13(11-10-12)7-3-2-4-8(5-7)19(14,15)16/h2-5H,6H2,1H3,(H,14,15,16). The molecule has 1 heterocycles. The summed E-state index contributed by atoms with van der Waals surface area (Å²) in [6.07, 6.45) is 0. The summed E-state index contributed by atoms with van der Waals surface area (Å²) in [5.41, 5.74) is 0.377. The summed E-state index contributed by atoms with van der Waals surface area (Å²) < 4.78 is 38.9. The van der Waals surface area contributed by atoms with Gasteiger partial charge in [0.25, 0.3) is 10.1 Å². The molecule has 0 saturated carbocycles.